The van der Waals surface area contributed by atoms with E-state index >= 15 is 0 Å². The van der Waals surface area contributed by atoms with Crippen LogP contribution >= 0.6 is 27.5 Å². The van der Waals surface area contributed by atoms with E-state index < -0.39 is 5.24 Å². The number of carbonyl (C=O) groups excluding carboxylic acids is 3. The van der Waals surface area contributed by atoms with Crippen LogP contribution in [0, 0.1) is 11.8 Å². The van der Waals surface area contributed by atoms with Crippen molar-refractivity contribution in [2.45, 2.75) is 145 Å². The number of nitrogens with one attached hydrogen (secondary N) is 5. The molecule has 12 aromatic rings. The Morgan fingerprint density at radius 3 is 1.15 bits per heavy atom. The lowest BCUT2D eigenvalue weighted by atomic mass is 10.00. The second kappa shape index (κ2) is 42.0. The summed E-state index contributed by atoms with van der Waals surface area (Å²) in [6.07, 6.45) is 21.8. The summed E-state index contributed by atoms with van der Waals surface area (Å²) in [6, 6.07) is 29.9. The third kappa shape index (κ3) is 23.4. The van der Waals surface area contributed by atoms with Gasteiger partial charge in [0.05, 0.1) is 35.1 Å². The van der Waals surface area contributed by atoms with Crippen molar-refractivity contribution in [2.75, 3.05) is 133 Å². The molecule has 0 aliphatic carbocycles. The van der Waals surface area contributed by atoms with Crippen LogP contribution in [0.4, 0.5) is 53.1 Å². The lowest BCUT2D eigenvalue weighted by Crippen LogP contribution is -2.40. The van der Waals surface area contributed by atoms with Crippen LogP contribution < -0.4 is 52.8 Å². The first-order valence-electron chi connectivity index (χ1n) is 40.9. The standard InChI is InChI=1S/C30H39N9O.C29H38N10O.C24H30N8.C4H4BrClO.CH4.18H2/c1-20(2)24-19-32-39-28(24)35-30(38-16-13-21(3)14-17-38)36-29(39)31-18-23-9-6-8-22-11-12-25(34-27(22)23)33-26(40)10-7-15-37(4)5;1-19(2)23-18-32-39-27(23)35-29(38-15-12-22(30)13-16-38)36-28(39)31-17-21-8-5-7-20-10-11-24(34-26(20)21)33-25(40)9-6-14-37(3)4;1-15(2)19-14-27-32-22(19)29-24(31-11-9-16(3)10-12-31)30-23(32)26-13-18-6-4-5-17-7-8-20(25)28-21(17)18;5-3-1-2-4(6)7;;;;;;;;;;;;;;;;;;;/h6-12,19-21H,13-18H2,1-5H3,(H,31,35,36)(H,33,34,40);5-11,18-19,22H,12-17,30H2,1-4H3,(H,31,35,36)(H,33,34,40);4-8,14-16H,9-13H2,1-3H3,(H2,25,28)(H,26,29,30);1-2H,3H2;1H4;18*1H/b10-7+;9-6+;;2-1+;;;;;;;;;;;;;;;;;;;. The number of pyridine rings is 3. The first-order valence-corrected chi connectivity index (χ1v) is 42.4. The largest absolute Gasteiger partial charge is 0.384 e. The van der Waals surface area contributed by atoms with Crippen LogP contribution in [0.2, 0.25) is 0 Å². The van der Waals surface area contributed by atoms with Crippen molar-refractivity contribution in [2.24, 2.45) is 17.6 Å². The lowest BCUT2D eigenvalue weighted by molar-refractivity contribution is -0.112. The van der Waals surface area contributed by atoms with Gasteiger partial charge < -0.3 is 62.6 Å². The Labute approximate surface area is 742 Å². The summed E-state index contributed by atoms with van der Waals surface area (Å²) in [4.78, 5) is 89.0. The van der Waals surface area contributed by atoms with Crippen LogP contribution in [0.15, 0.2) is 146 Å². The fourth-order valence-corrected chi connectivity index (χ4v) is 14.4. The van der Waals surface area contributed by atoms with E-state index in [9.17, 15) is 14.4 Å². The van der Waals surface area contributed by atoms with Gasteiger partial charge in [-0.2, -0.15) is 58.7 Å². The molecule has 2 amide bonds. The van der Waals surface area contributed by atoms with Gasteiger partial charge in [-0.3, -0.25) is 14.4 Å². The van der Waals surface area contributed by atoms with Gasteiger partial charge in [0.25, 0.3) is 0 Å². The molecule has 3 aliphatic rings. The first kappa shape index (κ1) is 89.4. The maximum atomic E-state index is 12.4. The van der Waals surface area contributed by atoms with Crippen molar-refractivity contribution < 1.29 is 40.1 Å². The molecule has 3 aromatic carbocycles. The number of para-hydroxylation sites is 3. The molecular weight excluding hydrogens is 1600 g/mol. The van der Waals surface area contributed by atoms with Gasteiger partial charge in [-0.25, -0.2) is 15.0 Å². The number of rotatable bonds is 25. The second-order valence-electron chi connectivity index (χ2n) is 32.0. The number of nitrogens with zero attached hydrogens (tertiary/aromatic N) is 20. The van der Waals surface area contributed by atoms with Gasteiger partial charge in [-0.1, -0.05) is 152 Å². The Balaban J connectivity index is -0.000000278. The molecule has 0 unspecified atom stereocenters. The van der Waals surface area contributed by atoms with Crippen LogP contribution in [0.3, 0.4) is 0 Å². The van der Waals surface area contributed by atoms with Crippen molar-refractivity contribution in [3.05, 3.63) is 179 Å². The van der Waals surface area contributed by atoms with E-state index in [1.165, 1.54) is 18.2 Å². The van der Waals surface area contributed by atoms with Crippen LogP contribution in [-0.2, 0) is 34.0 Å². The number of aromatic nitrogens is 15. The molecule has 3 fully saturated rings. The number of anilines is 9. The van der Waals surface area contributed by atoms with Crippen molar-refractivity contribution in [1.82, 2.24) is 83.5 Å². The quantitative estimate of drug-likeness (QED) is 0.0159. The highest BCUT2D eigenvalue weighted by molar-refractivity contribution is 9.09. The number of piperidine rings is 3. The highest BCUT2D eigenvalue weighted by Gasteiger charge is 2.27. The number of halogens is 2. The van der Waals surface area contributed by atoms with Gasteiger partial charge in [0.1, 0.15) is 17.5 Å². The van der Waals surface area contributed by atoms with E-state index in [0.717, 1.165) is 185 Å². The molecule has 0 spiro atoms. The highest BCUT2D eigenvalue weighted by atomic mass is 79.9. The average Bonchev–Trinajstić information content (AvgIpc) is 1.63. The fourth-order valence-electron chi connectivity index (χ4n) is 14.1. The Morgan fingerprint density at radius 1 is 0.483 bits per heavy atom. The Kier molecular flexibility index (Phi) is 31.3. The zero-order valence-corrected chi connectivity index (χ0v) is 72.5. The number of allylic oxidation sites excluding steroid dienone is 2. The molecule has 12 heterocycles. The Morgan fingerprint density at radius 2 is 0.825 bits per heavy atom. The van der Waals surface area contributed by atoms with E-state index in [2.05, 4.69) is 139 Å². The van der Waals surface area contributed by atoms with E-state index in [1.807, 2.05) is 158 Å². The Hall–Kier alpha value is -11.4. The van der Waals surface area contributed by atoms with E-state index in [4.69, 9.17) is 62.9 Å². The lowest BCUT2D eigenvalue weighted by Gasteiger charge is -2.30. The number of hydrogen-bond acceptors (Lipinski definition) is 25. The SMILES string of the molecule is C.CC(C)c1cnn2c(NCc3cccc4ccc(NC(=O)/C=C/CN(C)C)nc34)nc(N3CCC(N)CC3)nc12.CC1CCN(c2nc(NCc3cccc4ccc(N)nc34)n3ncc(C(C)C)c3n2)CC1.CC1CCN(c2nc(NCc3cccc4ccc(NC(=O)/C=C/CN(C)C)nc34)n3ncc(C(C)C)c3n2)CC1.O=C(Cl)/C=C/CBr.[HH].[HH].[HH].[HH].[HH].[HH].[HH].[HH].[HH].[HH].[HH].[HH].[HH].[HH].[HH].[HH].[HH].[HH]. The van der Waals surface area contributed by atoms with E-state index in [1.54, 1.807) is 15.1 Å². The van der Waals surface area contributed by atoms with Gasteiger partial charge >= 0.3 is 0 Å². The third-order valence-electron chi connectivity index (χ3n) is 21.0. The highest BCUT2D eigenvalue weighted by Crippen LogP contribution is 2.32. The second-order valence-corrected chi connectivity index (χ2v) is 33.0. The predicted octanol–water partition coefficient (Wildman–Crippen LogP) is 19.1. The summed E-state index contributed by atoms with van der Waals surface area (Å²) in [5, 5.41) is 33.4. The van der Waals surface area contributed by atoms with Gasteiger partial charge in [0.15, 0.2) is 16.9 Å². The number of nitrogens with two attached hydrogens (primary N) is 2. The molecule has 3 saturated heterocycles. The van der Waals surface area contributed by atoms with E-state index in [-0.39, 0.29) is 56.9 Å². The maximum Gasteiger partial charge on any atom is 0.249 e. The van der Waals surface area contributed by atoms with Crippen molar-refractivity contribution in [1.29, 1.82) is 0 Å². The monoisotopic (exact) mass is 1750 g/mol. The van der Waals surface area contributed by atoms with Gasteiger partial charge in [0, 0.05) is 154 Å². The molecule has 3 aliphatic heterocycles. The maximum absolute atomic E-state index is 12.4. The molecule has 0 atom stereocenters. The van der Waals surface area contributed by atoms with Crippen molar-refractivity contribution in [3.63, 3.8) is 0 Å². The molecule has 9 N–H and O–H groups in total. The molecule has 9 aromatic heterocycles. The van der Waals surface area contributed by atoms with Crippen LogP contribution in [0.25, 0.3) is 49.7 Å². The van der Waals surface area contributed by atoms with Gasteiger partial charge in [0.2, 0.25) is 52.7 Å². The predicted molar refractivity (Wildman–Crippen MR) is 528 cm³/mol. The number of hydrogen-bond donors (Lipinski definition) is 7. The van der Waals surface area contributed by atoms with E-state index in [0.29, 0.717) is 91.1 Å². The number of fused-ring (bicyclic) bond motifs is 6. The number of benzene rings is 3. The molecule has 120 heavy (non-hydrogen) atoms. The number of carbonyl (C=O) groups is 3. The zero-order valence-electron chi connectivity index (χ0n) is 70.1. The zero-order chi connectivity index (χ0) is 84.4. The summed E-state index contributed by atoms with van der Waals surface area (Å²) in [6.45, 7) is 26.0. The molecule has 30 nitrogen and oxygen atoms in total. The average molecular weight is 1750 g/mol. The number of likely N-dealkylation sites (N-methyl/N-ethyl adjacent to an activating group) is 2. The number of amides is 2. The summed E-state index contributed by atoms with van der Waals surface area (Å²) in [5.41, 5.74) is 23.5. The number of alkyl halides is 1. The molecule has 670 valence electrons. The minimum absolute atomic E-state index is 0. The molecule has 0 radical (unpaired) electrons. The minimum atomic E-state index is -0.431. The first-order chi connectivity index (χ1) is 57.3. The van der Waals surface area contributed by atoms with Gasteiger partial charge in [-0.05, 0) is 167 Å². The van der Waals surface area contributed by atoms with Crippen LogP contribution in [0.1, 0.15) is 178 Å². The third-order valence-corrected chi connectivity index (χ3v) is 21.5. The molecule has 15 rings (SSSR count). The molecular formula is C88H151BrClN27O3. The van der Waals surface area contributed by atoms with Crippen LogP contribution in [-0.4, -0.2) is 192 Å². The summed E-state index contributed by atoms with van der Waals surface area (Å²) >= 11 is 7.99. The fraction of sp³-hybridized carbons (Fsp3) is 0.420. The smallest absolute Gasteiger partial charge is 0.249 e. The van der Waals surface area contributed by atoms with Crippen molar-refractivity contribution >= 4 is 147 Å². The van der Waals surface area contributed by atoms with Crippen molar-refractivity contribution in [3.8, 4) is 0 Å². The van der Waals surface area contributed by atoms with Gasteiger partial charge in [-0.15, -0.1) is 0 Å². The topological polar surface area (TPSA) is 348 Å². The van der Waals surface area contributed by atoms with Crippen LogP contribution in [0.5, 0.6) is 0 Å². The molecule has 0 bridgehead atoms. The summed E-state index contributed by atoms with van der Waals surface area (Å²) in [7, 11) is 7.82. The number of nitrogen functional groups attached to an aromatic ring is 1. The molecule has 32 heteroatoms. The normalized spacial score (nSPS) is 14.4. The Bertz CT molecular complexity index is 5430. The minimum Gasteiger partial charge on any atom is -0.384 e. The summed E-state index contributed by atoms with van der Waals surface area (Å²) < 4.78 is 5.40. The molecule has 0 saturated carbocycles. The summed E-state index contributed by atoms with van der Waals surface area (Å²) in [5.74, 6) is 7.66.